The van der Waals surface area contributed by atoms with Gasteiger partial charge in [0.25, 0.3) is 0 Å². The molecule has 0 amide bonds. The fraction of sp³-hybridized carbons (Fsp3) is 0.176. The van der Waals surface area contributed by atoms with E-state index >= 15 is 0 Å². The standard InChI is InChI=1S/C17H14Br2N2O2/c1-2-22-17-15(18)7-12(8-16(17)19)10-21-23-11-14-6-4-3-5-13(14)9-20/h3-8,10H,2,11H2,1H3/b21-10-. The largest absolute Gasteiger partial charge is 0.492 e. The Hall–Kier alpha value is -1.84. The zero-order valence-corrected chi connectivity index (χ0v) is 15.6. The van der Waals surface area contributed by atoms with Gasteiger partial charge in [-0.2, -0.15) is 5.26 Å². The Kier molecular flexibility index (Phi) is 6.63. The summed E-state index contributed by atoms with van der Waals surface area (Å²) in [5, 5.41) is 13.0. The van der Waals surface area contributed by atoms with Crippen molar-refractivity contribution in [2.24, 2.45) is 5.16 Å². The second-order valence-corrected chi connectivity index (χ2v) is 6.23. The third-order valence-electron chi connectivity index (χ3n) is 2.94. The Morgan fingerprint density at radius 3 is 2.57 bits per heavy atom. The van der Waals surface area contributed by atoms with Crippen molar-refractivity contribution in [1.29, 1.82) is 5.26 Å². The molecule has 0 aliphatic heterocycles. The molecular weight excluding hydrogens is 424 g/mol. The number of ether oxygens (including phenoxy) is 1. The summed E-state index contributed by atoms with van der Waals surface area (Å²) >= 11 is 6.94. The van der Waals surface area contributed by atoms with Crippen LogP contribution in [0, 0.1) is 11.3 Å². The predicted octanol–water partition coefficient (Wildman–Crippen LogP) is 5.03. The van der Waals surface area contributed by atoms with Gasteiger partial charge in [-0.15, -0.1) is 0 Å². The first-order chi connectivity index (χ1) is 11.2. The Bertz CT molecular complexity index is 731. The molecule has 0 aliphatic carbocycles. The highest BCUT2D eigenvalue weighted by Gasteiger charge is 2.07. The highest BCUT2D eigenvalue weighted by Crippen LogP contribution is 2.34. The zero-order chi connectivity index (χ0) is 16.7. The van der Waals surface area contributed by atoms with Crippen LogP contribution >= 0.6 is 31.9 Å². The summed E-state index contributed by atoms with van der Waals surface area (Å²) in [7, 11) is 0. The first kappa shape index (κ1) is 17.5. The maximum atomic E-state index is 9.02. The van der Waals surface area contributed by atoms with E-state index in [0.29, 0.717) is 12.2 Å². The molecule has 0 saturated carbocycles. The summed E-state index contributed by atoms with van der Waals surface area (Å²) in [6.45, 7) is 2.77. The minimum atomic E-state index is 0.250. The molecule has 118 valence electrons. The maximum Gasteiger partial charge on any atom is 0.147 e. The van der Waals surface area contributed by atoms with Crippen molar-refractivity contribution in [3.8, 4) is 11.8 Å². The van der Waals surface area contributed by atoms with Gasteiger partial charge in [0.05, 0.1) is 33.4 Å². The number of nitriles is 1. The van der Waals surface area contributed by atoms with Crippen LogP contribution in [-0.2, 0) is 11.4 Å². The number of rotatable bonds is 6. The maximum absolute atomic E-state index is 9.02. The van der Waals surface area contributed by atoms with Crippen molar-refractivity contribution in [2.75, 3.05) is 6.61 Å². The van der Waals surface area contributed by atoms with Crippen LogP contribution in [-0.4, -0.2) is 12.8 Å². The van der Waals surface area contributed by atoms with E-state index in [1.54, 1.807) is 12.3 Å². The lowest BCUT2D eigenvalue weighted by Gasteiger charge is -2.09. The van der Waals surface area contributed by atoms with Crippen LogP contribution in [0.4, 0.5) is 0 Å². The summed E-state index contributed by atoms with van der Waals surface area (Å²) in [5.74, 6) is 0.758. The van der Waals surface area contributed by atoms with Crippen LogP contribution < -0.4 is 4.74 Å². The summed E-state index contributed by atoms with van der Waals surface area (Å²) in [6, 6.07) is 13.2. The fourth-order valence-electron chi connectivity index (χ4n) is 1.90. The van der Waals surface area contributed by atoms with Crippen molar-refractivity contribution in [2.45, 2.75) is 13.5 Å². The normalized spacial score (nSPS) is 10.5. The molecule has 0 unspecified atom stereocenters. The predicted molar refractivity (Wildman–Crippen MR) is 96.6 cm³/mol. The van der Waals surface area contributed by atoms with Crippen LogP contribution in [0.3, 0.4) is 0 Å². The topological polar surface area (TPSA) is 54.6 Å². The fourth-order valence-corrected chi connectivity index (χ4v) is 3.35. The molecule has 0 radical (unpaired) electrons. The van der Waals surface area contributed by atoms with Gasteiger partial charge in [0, 0.05) is 5.56 Å². The van der Waals surface area contributed by atoms with Gasteiger partial charge in [-0.05, 0) is 62.5 Å². The highest BCUT2D eigenvalue weighted by atomic mass is 79.9. The first-order valence-electron chi connectivity index (χ1n) is 6.91. The molecular formula is C17H14Br2N2O2. The van der Waals surface area contributed by atoms with Crippen molar-refractivity contribution in [3.05, 3.63) is 62.0 Å². The van der Waals surface area contributed by atoms with Crippen LogP contribution in [0.1, 0.15) is 23.6 Å². The molecule has 0 heterocycles. The third-order valence-corrected chi connectivity index (χ3v) is 4.12. The molecule has 0 fully saturated rings. The van der Waals surface area contributed by atoms with E-state index in [9.17, 15) is 0 Å². The summed E-state index contributed by atoms with van der Waals surface area (Å²) in [5.41, 5.74) is 2.26. The minimum absolute atomic E-state index is 0.250. The molecule has 0 saturated heterocycles. The average molecular weight is 438 g/mol. The Morgan fingerprint density at radius 2 is 1.91 bits per heavy atom. The van der Waals surface area contributed by atoms with Crippen LogP contribution in [0.2, 0.25) is 0 Å². The van der Waals surface area contributed by atoms with Gasteiger partial charge >= 0.3 is 0 Å². The average Bonchev–Trinajstić information content (AvgIpc) is 2.55. The van der Waals surface area contributed by atoms with Crippen molar-refractivity contribution < 1.29 is 9.57 Å². The van der Waals surface area contributed by atoms with Crippen LogP contribution in [0.25, 0.3) is 0 Å². The number of nitrogens with zero attached hydrogens (tertiary/aromatic N) is 2. The number of halogens is 2. The number of oxime groups is 1. The third kappa shape index (κ3) is 4.81. The van der Waals surface area contributed by atoms with Gasteiger partial charge in [-0.25, -0.2) is 0 Å². The summed E-state index contributed by atoms with van der Waals surface area (Å²) in [4.78, 5) is 5.28. The van der Waals surface area contributed by atoms with Gasteiger partial charge in [-0.1, -0.05) is 23.4 Å². The quantitative estimate of drug-likeness (QED) is 0.470. The molecule has 0 bridgehead atoms. The lowest BCUT2D eigenvalue weighted by Crippen LogP contribution is -1.95. The van der Waals surface area contributed by atoms with E-state index in [1.807, 2.05) is 37.3 Å². The molecule has 0 atom stereocenters. The molecule has 23 heavy (non-hydrogen) atoms. The molecule has 0 N–H and O–H groups in total. The zero-order valence-electron chi connectivity index (χ0n) is 12.4. The van der Waals surface area contributed by atoms with Crippen LogP contribution in [0.15, 0.2) is 50.5 Å². The number of hydrogen-bond acceptors (Lipinski definition) is 4. The van der Waals surface area contributed by atoms with Gasteiger partial charge in [0.2, 0.25) is 0 Å². The molecule has 4 nitrogen and oxygen atoms in total. The SMILES string of the molecule is CCOc1c(Br)cc(/C=N\OCc2ccccc2C#N)cc1Br. The molecule has 0 aliphatic rings. The first-order valence-corrected chi connectivity index (χ1v) is 8.49. The highest BCUT2D eigenvalue weighted by molar-refractivity contribution is 9.11. The van der Waals surface area contributed by atoms with E-state index in [4.69, 9.17) is 14.8 Å². The van der Waals surface area contributed by atoms with Gasteiger partial charge in [0.15, 0.2) is 0 Å². The monoisotopic (exact) mass is 436 g/mol. The Morgan fingerprint density at radius 1 is 1.22 bits per heavy atom. The molecule has 2 aromatic carbocycles. The molecule has 2 aromatic rings. The second kappa shape index (κ2) is 8.70. The van der Waals surface area contributed by atoms with E-state index in [-0.39, 0.29) is 6.61 Å². The van der Waals surface area contributed by atoms with Gasteiger partial charge in [-0.3, -0.25) is 0 Å². The number of benzene rings is 2. The van der Waals surface area contributed by atoms with E-state index in [0.717, 1.165) is 25.8 Å². The lowest BCUT2D eigenvalue weighted by atomic mass is 10.1. The lowest BCUT2D eigenvalue weighted by molar-refractivity contribution is 0.132. The second-order valence-electron chi connectivity index (χ2n) is 4.52. The van der Waals surface area contributed by atoms with Crippen molar-refractivity contribution >= 4 is 38.1 Å². The Balaban J connectivity index is 2.03. The van der Waals surface area contributed by atoms with Crippen LogP contribution in [0.5, 0.6) is 5.75 Å². The number of hydrogen-bond donors (Lipinski definition) is 0. The summed E-state index contributed by atoms with van der Waals surface area (Å²) in [6.07, 6.45) is 1.61. The molecule has 6 heteroatoms. The minimum Gasteiger partial charge on any atom is -0.492 e. The molecule has 0 aromatic heterocycles. The molecule has 0 spiro atoms. The molecule has 2 rings (SSSR count). The van der Waals surface area contributed by atoms with Gasteiger partial charge in [0.1, 0.15) is 12.4 Å². The van der Waals surface area contributed by atoms with E-state index in [1.165, 1.54) is 0 Å². The smallest absolute Gasteiger partial charge is 0.147 e. The van der Waals surface area contributed by atoms with Gasteiger partial charge < -0.3 is 9.57 Å². The van der Waals surface area contributed by atoms with Crippen molar-refractivity contribution in [3.63, 3.8) is 0 Å². The van der Waals surface area contributed by atoms with E-state index in [2.05, 4.69) is 43.1 Å². The Labute approximate surface area is 152 Å². The van der Waals surface area contributed by atoms with E-state index < -0.39 is 0 Å². The van der Waals surface area contributed by atoms with Crippen molar-refractivity contribution in [1.82, 2.24) is 0 Å². The summed E-state index contributed by atoms with van der Waals surface area (Å²) < 4.78 is 7.21.